The standard InChI is InChI=1S/C20H17NO2/c1-15(18-12-11-17-9-5-6-10-19(17)14-18)23-20(21-22)13-16-7-3-2-4-8-16/h2-12,14,22H,1,13H2. The van der Waals surface area contributed by atoms with Crippen LogP contribution in [0.2, 0.25) is 0 Å². The Hall–Kier alpha value is -3.07. The summed E-state index contributed by atoms with van der Waals surface area (Å²) in [5.74, 6) is 0.675. The van der Waals surface area contributed by atoms with Gasteiger partial charge in [0.05, 0.1) is 6.42 Å². The third kappa shape index (κ3) is 3.58. The molecule has 0 aliphatic carbocycles. The number of nitrogens with zero attached hydrogens (tertiary/aromatic N) is 1. The van der Waals surface area contributed by atoms with E-state index in [9.17, 15) is 5.21 Å². The highest BCUT2D eigenvalue weighted by Gasteiger charge is 2.08. The molecule has 23 heavy (non-hydrogen) atoms. The van der Waals surface area contributed by atoms with Crippen LogP contribution in [0.3, 0.4) is 0 Å². The third-order valence-corrected chi connectivity index (χ3v) is 3.62. The van der Waals surface area contributed by atoms with E-state index in [4.69, 9.17) is 4.74 Å². The van der Waals surface area contributed by atoms with Crippen molar-refractivity contribution in [2.75, 3.05) is 0 Å². The van der Waals surface area contributed by atoms with Crippen LogP contribution in [0.1, 0.15) is 11.1 Å². The molecule has 3 rings (SSSR count). The van der Waals surface area contributed by atoms with Gasteiger partial charge in [0.1, 0.15) is 5.76 Å². The fourth-order valence-electron chi connectivity index (χ4n) is 2.43. The summed E-state index contributed by atoms with van der Waals surface area (Å²) < 4.78 is 5.64. The number of hydrogen-bond donors (Lipinski definition) is 1. The Morgan fingerprint density at radius 3 is 2.35 bits per heavy atom. The highest BCUT2D eigenvalue weighted by molar-refractivity contribution is 5.88. The van der Waals surface area contributed by atoms with E-state index < -0.39 is 0 Å². The second-order valence-electron chi connectivity index (χ2n) is 5.24. The number of fused-ring (bicyclic) bond motifs is 1. The van der Waals surface area contributed by atoms with E-state index in [-0.39, 0.29) is 5.90 Å². The van der Waals surface area contributed by atoms with Crippen molar-refractivity contribution in [3.05, 3.63) is 90.5 Å². The fourth-order valence-corrected chi connectivity index (χ4v) is 2.43. The molecule has 0 aromatic heterocycles. The van der Waals surface area contributed by atoms with Gasteiger partial charge >= 0.3 is 0 Å². The molecule has 0 unspecified atom stereocenters. The van der Waals surface area contributed by atoms with E-state index in [1.54, 1.807) is 0 Å². The normalized spacial score (nSPS) is 11.4. The first-order valence-corrected chi connectivity index (χ1v) is 7.37. The lowest BCUT2D eigenvalue weighted by Crippen LogP contribution is -2.08. The molecule has 3 aromatic rings. The van der Waals surface area contributed by atoms with Gasteiger partial charge in [-0.2, -0.15) is 0 Å². The summed E-state index contributed by atoms with van der Waals surface area (Å²) >= 11 is 0. The molecule has 0 fully saturated rings. The van der Waals surface area contributed by atoms with Gasteiger partial charge in [0.25, 0.3) is 0 Å². The molecular weight excluding hydrogens is 286 g/mol. The molecule has 0 amide bonds. The molecule has 1 N–H and O–H groups in total. The van der Waals surface area contributed by atoms with E-state index in [2.05, 4.69) is 17.8 Å². The van der Waals surface area contributed by atoms with Crippen molar-refractivity contribution in [3.8, 4) is 0 Å². The Kier molecular flexibility index (Phi) is 4.39. The number of rotatable bonds is 4. The van der Waals surface area contributed by atoms with Gasteiger partial charge in [-0.15, -0.1) is 0 Å². The lowest BCUT2D eigenvalue weighted by molar-refractivity contribution is 0.297. The number of hydrogen-bond acceptors (Lipinski definition) is 3. The second kappa shape index (κ2) is 6.79. The zero-order valence-electron chi connectivity index (χ0n) is 12.6. The molecule has 114 valence electrons. The molecule has 0 radical (unpaired) electrons. The largest absolute Gasteiger partial charge is 0.439 e. The second-order valence-corrected chi connectivity index (χ2v) is 5.24. The molecule has 0 spiro atoms. The van der Waals surface area contributed by atoms with Crippen molar-refractivity contribution < 1.29 is 9.94 Å². The molecule has 3 heteroatoms. The molecule has 0 saturated carbocycles. The molecule has 0 atom stereocenters. The van der Waals surface area contributed by atoms with Gasteiger partial charge < -0.3 is 9.94 Å². The Labute approximate surface area is 135 Å². The highest BCUT2D eigenvalue weighted by Crippen LogP contribution is 2.21. The maximum Gasteiger partial charge on any atom is 0.235 e. The lowest BCUT2D eigenvalue weighted by Gasteiger charge is -2.11. The van der Waals surface area contributed by atoms with Crippen LogP contribution >= 0.6 is 0 Å². The number of oxime groups is 1. The van der Waals surface area contributed by atoms with E-state index in [1.165, 1.54) is 0 Å². The first kappa shape index (κ1) is 14.9. The zero-order chi connectivity index (χ0) is 16.1. The molecule has 0 aliphatic heterocycles. The van der Waals surface area contributed by atoms with Gasteiger partial charge in [-0.25, -0.2) is 0 Å². The fraction of sp³-hybridized carbons (Fsp3) is 0.0500. The quantitative estimate of drug-likeness (QED) is 0.246. The molecule has 0 aliphatic rings. The predicted molar refractivity (Wildman–Crippen MR) is 93.4 cm³/mol. The Bertz CT molecular complexity index is 854. The van der Waals surface area contributed by atoms with Gasteiger partial charge in [0.2, 0.25) is 5.90 Å². The van der Waals surface area contributed by atoms with Crippen molar-refractivity contribution in [2.24, 2.45) is 5.16 Å². The first-order chi connectivity index (χ1) is 11.3. The molecular formula is C20H17NO2. The Morgan fingerprint density at radius 2 is 1.61 bits per heavy atom. The van der Waals surface area contributed by atoms with Gasteiger partial charge in [-0.3, -0.25) is 0 Å². The number of ether oxygens (including phenoxy) is 1. The zero-order valence-corrected chi connectivity index (χ0v) is 12.6. The van der Waals surface area contributed by atoms with Crippen LogP contribution in [0.25, 0.3) is 16.5 Å². The van der Waals surface area contributed by atoms with Crippen LogP contribution in [0.4, 0.5) is 0 Å². The molecule has 3 aromatic carbocycles. The van der Waals surface area contributed by atoms with Crippen molar-refractivity contribution in [1.29, 1.82) is 0 Å². The van der Waals surface area contributed by atoms with Crippen LogP contribution in [-0.2, 0) is 11.2 Å². The van der Waals surface area contributed by atoms with Gasteiger partial charge in [-0.05, 0) is 22.4 Å². The van der Waals surface area contributed by atoms with Gasteiger partial charge in [0, 0.05) is 5.56 Å². The van der Waals surface area contributed by atoms with E-state index in [1.807, 2.05) is 66.7 Å². The minimum absolute atomic E-state index is 0.217. The van der Waals surface area contributed by atoms with Crippen molar-refractivity contribution in [1.82, 2.24) is 0 Å². The summed E-state index contributed by atoms with van der Waals surface area (Å²) in [5, 5.41) is 14.7. The van der Waals surface area contributed by atoms with Crippen LogP contribution < -0.4 is 0 Å². The average Bonchev–Trinajstić information content (AvgIpc) is 2.61. The van der Waals surface area contributed by atoms with Crippen LogP contribution in [0, 0.1) is 0 Å². The van der Waals surface area contributed by atoms with E-state index in [0.717, 1.165) is 21.9 Å². The van der Waals surface area contributed by atoms with Crippen LogP contribution in [-0.4, -0.2) is 11.1 Å². The minimum Gasteiger partial charge on any atom is -0.439 e. The van der Waals surface area contributed by atoms with E-state index >= 15 is 0 Å². The molecule has 0 bridgehead atoms. The van der Waals surface area contributed by atoms with E-state index in [0.29, 0.717) is 12.2 Å². The van der Waals surface area contributed by atoms with Crippen molar-refractivity contribution in [2.45, 2.75) is 6.42 Å². The summed E-state index contributed by atoms with van der Waals surface area (Å²) in [5.41, 5.74) is 1.87. The Morgan fingerprint density at radius 1 is 0.913 bits per heavy atom. The molecule has 0 saturated heterocycles. The summed E-state index contributed by atoms with van der Waals surface area (Å²) in [6.07, 6.45) is 0.407. The van der Waals surface area contributed by atoms with Crippen LogP contribution in [0.5, 0.6) is 0 Å². The summed E-state index contributed by atoms with van der Waals surface area (Å²) in [4.78, 5) is 0. The highest BCUT2D eigenvalue weighted by atomic mass is 16.5. The lowest BCUT2D eigenvalue weighted by atomic mass is 10.1. The average molecular weight is 303 g/mol. The van der Waals surface area contributed by atoms with Crippen molar-refractivity contribution in [3.63, 3.8) is 0 Å². The molecule has 3 nitrogen and oxygen atoms in total. The molecule has 0 heterocycles. The predicted octanol–water partition coefficient (Wildman–Crippen LogP) is 4.86. The maximum atomic E-state index is 9.18. The summed E-state index contributed by atoms with van der Waals surface area (Å²) in [6.45, 7) is 3.95. The minimum atomic E-state index is 0.217. The first-order valence-electron chi connectivity index (χ1n) is 7.37. The monoisotopic (exact) mass is 303 g/mol. The van der Waals surface area contributed by atoms with Crippen molar-refractivity contribution >= 4 is 22.4 Å². The van der Waals surface area contributed by atoms with Gasteiger partial charge in [-0.1, -0.05) is 78.5 Å². The van der Waals surface area contributed by atoms with Gasteiger partial charge in [0.15, 0.2) is 0 Å². The SMILES string of the molecule is C=C(OC(Cc1ccccc1)=NO)c1ccc2ccccc2c1. The van der Waals surface area contributed by atoms with Crippen LogP contribution in [0.15, 0.2) is 84.5 Å². The third-order valence-electron chi connectivity index (χ3n) is 3.62. The summed E-state index contributed by atoms with van der Waals surface area (Å²) in [7, 11) is 0. The smallest absolute Gasteiger partial charge is 0.235 e. The summed E-state index contributed by atoms with van der Waals surface area (Å²) in [6, 6.07) is 23.8. The number of benzene rings is 3. The topological polar surface area (TPSA) is 41.8 Å². The Balaban J connectivity index is 1.76. The maximum absolute atomic E-state index is 9.18.